The van der Waals surface area contributed by atoms with Gasteiger partial charge in [0, 0.05) is 0 Å². The highest BCUT2D eigenvalue weighted by atomic mass is 16.8. The van der Waals surface area contributed by atoms with Crippen molar-refractivity contribution >= 4 is 0 Å². The summed E-state index contributed by atoms with van der Waals surface area (Å²) >= 11 is 0. The second kappa shape index (κ2) is 19.6. The van der Waals surface area contributed by atoms with E-state index in [4.69, 9.17) is 42.6 Å². The third kappa shape index (κ3) is 9.16. The highest BCUT2D eigenvalue weighted by molar-refractivity contribution is 4.99. The third-order valence-corrected chi connectivity index (χ3v) is 10.3. The van der Waals surface area contributed by atoms with Gasteiger partial charge in [0.1, 0.15) is 122 Å². The van der Waals surface area contributed by atoms with E-state index in [1.807, 2.05) is 0 Å². The van der Waals surface area contributed by atoms with Crippen LogP contribution in [0.1, 0.15) is 0 Å². The van der Waals surface area contributed by atoms with E-state index in [0.29, 0.717) is 0 Å². The molecule has 0 spiro atoms. The van der Waals surface area contributed by atoms with Crippen LogP contribution in [0.3, 0.4) is 0 Å². The van der Waals surface area contributed by atoms with Gasteiger partial charge in [-0.3, -0.25) is 0 Å². The highest BCUT2D eigenvalue weighted by Crippen LogP contribution is 2.35. The molecule has 0 bridgehead atoms. The van der Waals surface area contributed by atoms with Gasteiger partial charge in [0.15, 0.2) is 31.5 Å². The van der Waals surface area contributed by atoms with Gasteiger partial charge < -0.3 is 129 Å². The fourth-order valence-electron chi connectivity index (χ4n) is 7.01. The van der Waals surface area contributed by atoms with Crippen molar-refractivity contribution in [3.8, 4) is 0 Å². The molecule has 5 rings (SSSR count). The van der Waals surface area contributed by atoms with E-state index in [9.17, 15) is 86.8 Å². The zero-order chi connectivity index (χ0) is 41.3. The molecule has 56 heavy (non-hydrogen) atoms. The largest absolute Gasteiger partial charge is 0.394 e. The standard InChI is InChI=1S/C30H52O26/c31-1-6-11(36)16(41)17(42)27(49-6)54-23-13(38)8(3-33)51-29(19(23)44)56-25-15(40)10(5-35)52-30(21(25)46)55-24-14(39)9(4-34)50-28(20(24)45)53-22-12(37)7(2-32)48-26(47)18(22)43/h6-47H,1-5H2/t6-,7-,8-,9-,10-,11-,12-,13-,14-,15-,16+,17-,18-,19-,20-,21-,22+,23+,24+,25+,26-,27+,28+,29+,30-/m1/s1. The Bertz CT molecular complexity index is 1210. The molecular formula is C30H52O26. The first-order chi connectivity index (χ1) is 26.5. The fraction of sp³-hybridized carbons (Fsp3) is 1.00. The lowest BCUT2D eigenvalue weighted by Gasteiger charge is -2.49. The number of hydrogen-bond acceptors (Lipinski definition) is 26. The predicted octanol–water partition coefficient (Wildman–Crippen LogP) is -11.9. The zero-order valence-corrected chi connectivity index (χ0v) is 29.2. The Labute approximate surface area is 316 Å². The highest BCUT2D eigenvalue weighted by Gasteiger charge is 2.56. The molecule has 25 atom stereocenters. The summed E-state index contributed by atoms with van der Waals surface area (Å²) in [7, 11) is 0. The normalized spacial score (nSPS) is 53.2. The summed E-state index contributed by atoms with van der Waals surface area (Å²) in [6.07, 6.45) is -47.2. The van der Waals surface area contributed by atoms with E-state index in [1.165, 1.54) is 0 Å². The van der Waals surface area contributed by atoms with Gasteiger partial charge in [-0.15, -0.1) is 0 Å². The molecule has 328 valence electrons. The molecule has 5 fully saturated rings. The number of aliphatic hydroxyl groups excluding tert-OH is 17. The zero-order valence-electron chi connectivity index (χ0n) is 29.2. The lowest BCUT2D eigenvalue weighted by atomic mass is 9.95. The van der Waals surface area contributed by atoms with E-state index in [2.05, 4.69) is 0 Å². The molecule has 0 radical (unpaired) electrons. The Hall–Kier alpha value is -1.04. The quantitative estimate of drug-likeness (QED) is 0.0819. The minimum absolute atomic E-state index is 0.837. The first-order valence-electron chi connectivity index (χ1n) is 17.6. The van der Waals surface area contributed by atoms with Crippen LogP contribution in [0.2, 0.25) is 0 Å². The number of aliphatic hydroxyl groups is 17. The van der Waals surface area contributed by atoms with Crippen molar-refractivity contribution < 1.29 is 129 Å². The van der Waals surface area contributed by atoms with Crippen molar-refractivity contribution in [1.82, 2.24) is 0 Å². The van der Waals surface area contributed by atoms with Crippen molar-refractivity contribution in [3.05, 3.63) is 0 Å². The molecule has 26 heteroatoms. The smallest absolute Gasteiger partial charge is 0.187 e. The van der Waals surface area contributed by atoms with Gasteiger partial charge in [-0.2, -0.15) is 0 Å². The van der Waals surface area contributed by atoms with Crippen LogP contribution in [0, 0.1) is 0 Å². The molecule has 0 saturated carbocycles. The summed E-state index contributed by atoms with van der Waals surface area (Å²) in [6.45, 7) is -4.58. The average molecular weight is 829 g/mol. The average Bonchev–Trinajstić information content (AvgIpc) is 3.18. The van der Waals surface area contributed by atoms with Crippen LogP contribution in [0.25, 0.3) is 0 Å². The first-order valence-corrected chi connectivity index (χ1v) is 17.6. The summed E-state index contributed by atoms with van der Waals surface area (Å²) in [5.74, 6) is 0. The molecule has 5 saturated heterocycles. The van der Waals surface area contributed by atoms with Gasteiger partial charge in [0.2, 0.25) is 0 Å². The van der Waals surface area contributed by atoms with E-state index < -0.39 is 187 Å². The SMILES string of the molecule is OC[C@H]1O[C@@H](O[C@@H]2[C@@H](O)[C@H](O[C@@H]3[C@@H](O)[C@@H](O[C@@H]4[C@@H](O)[C@H](O[C@@H]5[C@@H](O)[C@H](O)O[C@H](CO)[C@H]5O)O[C@H](CO)[C@H]4O)O[C@H](CO)[C@H]3O)O[C@H](CO)[C@H]2O)[C@H](O)[C@@H](O)[C@@H]1O. The van der Waals surface area contributed by atoms with Crippen LogP contribution in [-0.4, -0.2) is 273 Å². The molecule has 0 unspecified atom stereocenters. The van der Waals surface area contributed by atoms with Crippen molar-refractivity contribution in [2.45, 2.75) is 154 Å². The Balaban J connectivity index is 1.34. The van der Waals surface area contributed by atoms with Gasteiger partial charge in [-0.1, -0.05) is 0 Å². The van der Waals surface area contributed by atoms with Gasteiger partial charge in [-0.05, 0) is 0 Å². The molecule has 5 aliphatic rings. The number of rotatable bonds is 13. The van der Waals surface area contributed by atoms with Crippen molar-refractivity contribution in [2.24, 2.45) is 0 Å². The van der Waals surface area contributed by atoms with Gasteiger partial charge >= 0.3 is 0 Å². The van der Waals surface area contributed by atoms with Gasteiger partial charge in [0.05, 0.1) is 33.0 Å². The van der Waals surface area contributed by atoms with Crippen LogP contribution in [-0.2, 0) is 42.6 Å². The van der Waals surface area contributed by atoms with E-state index in [1.54, 1.807) is 0 Å². The molecule has 17 N–H and O–H groups in total. The molecule has 0 amide bonds. The van der Waals surface area contributed by atoms with Crippen LogP contribution >= 0.6 is 0 Å². The Morgan fingerprint density at radius 2 is 0.518 bits per heavy atom. The maximum absolute atomic E-state index is 11.4. The summed E-state index contributed by atoms with van der Waals surface area (Å²) in [5.41, 5.74) is 0. The maximum Gasteiger partial charge on any atom is 0.187 e. The molecule has 0 aromatic rings. The van der Waals surface area contributed by atoms with Crippen molar-refractivity contribution in [1.29, 1.82) is 0 Å². The molecule has 5 heterocycles. The first kappa shape index (κ1) is 46.0. The van der Waals surface area contributed by atoms with Gasteiger partial charge in [-0.25, -0.2) is 0 Å². The molecule has 0 aliphatic carbocycles. The van der Waals surface area contributed by atoms with E-state index >= 15 is 0 Å². The Morgan fingerprint density at radius 1 is 0.268 bits per heavy atom. The molecule has 0 aromatic heterocycles. The minimum Gasteiger partial charge on any atom is -0.394 e. The molecular weight excluding hydrogens is 776 g/mol. The minimum atomic E-state index is -2.18. The molecule has 0 aromatic carbocycles. The van der Waals surface area contributed by atoms with Crippen molar-refractivity contribution in [2.75, 3.05) is 33.0 Å². The monoisotopic (exact) mass is 828 g/mol. The number of ether oxygens (including phenoxy) is 9. The summed E-state index contributed by atoms with van der Waals surface area (Å²) < 4.78 is 48.9. The third-order valence-electron chi connectivity index (χ3n) is 10.3. The lowest BCUT2D eigenvalue weighted by Crippen LogP contribution is -2.68. The van der Waals surface area contributed by atoms with Crippen molar-refractivity contribution in [3.63, 3.8) is 0 Å². The van der Waals surface area contributed by atoms with Crippen LogP contribution in [0.5, 0.6) is 0 Å². The second-order valence-electron chi connectivity index (χ2n) is 13.9. The predicted molar refractivity (Wildman–Crippen MR) is 167 cm³/mol. The Kier molecular flexibility index (Phi) is 16.1. The number of hydrogen-bond donors (Lipinski definition) is 17. The van der Waals surface area contributed by atoms with E-state index in [0.717, 1.165) is 0 Å². The fourth-order valence-corrected chi connectivity index (χ4v) is 7.01. The molecule has 26 nitrogen and oxygen atoms in total. The van der Waals surface area contributed by atoms with Crippen LogP contribution in [0.4, 0.5) is 0 Å². The lowest BCUT2D eigenvalue weighted by molar-refractivity contribution is -0.395. The summed E-state index contributed by atoms with van der Waals surface area (Å²) in [5, 5.41) is 177. The topological polar surface area (TPSA) is 427 Å². The second-order valence-corrected chi connectivity index (χ2v) is 13.9. The van der Waals surface area contributed by atoms with Gasteiger partial charge in [0.25, 0.3) is 0 Å². The Morgan fingerprint density at radius 3 is 0.821 bits per heavy atom. The van der Waals surface area contributed by atoms with Crippen LogP contribution in [0.15, 0.2) is 0 Å². The summed E-state index contributed by atoms with van der Waals surface area (Å²) in [6, 6.07) is 0. The van der Waals surface area contributed by atoms with E-state index in [-0.39, 0.29) is 0 Å². The maximum atomic E-state index is 11.4. The molecule has 5 aliphatic heterocycles. The van der Waals surface area contributed by atoms with Crippen LogP contribution < -0.4 is 0 Å². The summed E-state index contributed by atoms with van der Waals surface area (Å²) in [4.78, 5) is 0.